The molecule has 0 aromatic heterocycles. The predicted octanol–water partition coefficient (Wildman–Crippen LogP) is -2.06. The summed E-state index contributed by atoms with van der Waals surface area (Å²) >= 11 is 0. The normalized spacial score (nSPS) is 22.9. The van der Waals surface area contributed by atoms with Crippen LogP contribution in [0.2, 0.25) is 0 Å². The van der Waals surface area contributed by atoms with Crippen LogP contribution in [0.25, 0.3) is 0 Å². The number of carbonyl (C=O) groups is 1. The molecule has 7 nitrogen and oxygen atoms in total. The van der Waals surface area contributed by atoms with Crippen molar-refractivity contribution in [3.63, 3.8) is 0 Å². The van der Waals surface area contributed by atoms with Crippen LogP contribution in [0.4, 0.5) is 0 Å². The van der Waals surface area contributed by atoms with Crippen LogP contribution < -0.4 is 14.0 Å². The highest BCUT2D eigenvalue weighted by molar-refractivity contribution is 5.84. The molecule has 1 amide bonds. The van der Waals surface area contributed by atoms with Crippen LogP contribution in [-0.2, 0) is 15.6 Å². The standard InChI is InChI=1S/C13H17ClN2O5/c1-13(2)15(3)12(17)11(16(13)21-14(18,19)20)9-10-7-5-4-6-8-10/h4-8,11H,9H2,1-3H3/t11-/m0/s1. The van der Waals surface area contributed by atoms with Gasteiger partial charge < -0.3 is 4.90 Å². The zero-order chi connectivity index (χ0) is 15.8. The fourth-order valence-electron chi connectivity index (χ4n) is 2.35. The largest absolute Gasteiger partial charge is 0.324 e. The highest BCUT2D eigenvalue weighted by Gasteiger charge is 2.57. The highest BCUT2D eigenvalue weighted by Crippen LogP contribution is 2.33. The number of halogens is 1. The summed E-state index contributed by atoms with van der Waals surface area (Å²) in [5.41, 5.74) is -0.198. The fraction of sp³-hybridized carbons (Fsp3) is 0.462. The van der Waals surface area contributed by atoms with Crippen molar-refractivity contribution in [1.82, 2.24) is 9.96 Å². The molecule has 0 aliphatic carbocycles. The Kier molecular flexibility index (Phi) is 4.25. The van der Waals surface area contributed by atoms with E-state index in [-0.39, 0.29) is 12.3 Å². The summed E-state index contributed by atoms with van der Waals surface area (Å²) in [6.07, 6.45) is 0.248. The van der Waals surface area contributed by atoms with Crippen molar-refractivity contribution in [1.29, 1.82) is 0 Å². The molecule has 1 fully saturated rings. The van der Waals surface area contributed by atoms with E-state index in [1.165, 1.54) is 11.9 Å². The molecule has 0 radical (unpaired) electrons. The predicted molar refractivity (Wildman–Crippen MR) is 63.7 cm³/mol. The Balaban J connectivity index is 2.29. The summed E-state index contributed by atoms with van der Waals surface area (Å²) in [6, 6.07) is 8.24. The number of hydrogen-bond acceptors (Lipinski definition) is 6. The van der Waals surface area contributed by atoms with E-state index in [1.807, 2.05) is 30.3 Å². The quantitative estimate of drug-likeness (QED) is 0.633. The molecule has 1 aromatic rings. The lowest BCUT2D eigenvalue weighted by molar-refractivity contribution is -1.93. The van der Waals surface area contributed by atoms with Crippen LogP contribution >= 0.6 is 0 Å². The van der Waals surface area contributed by atoms with Gasteiger partial charge in [-0.3, -0.25) is 4.79 Å². The topological polar surface area (TPSA) is 102 Å². The summed E-state index contributed by atoms with van der Waals surface area (Å²) in [4.78, 5) is 13.7. The molecule has 1 atom stereocenters. The van der Waals surface area contributed by atoms with Crippen LogP contribution in [0.15, 0.2) is 30.3 Å². The van der Waals surface area contributed by atoms with Gasteiger partial charge in [-0.05, 0) is 30.9 Å². The van der Waals surface area contributed by atoms with Crippen molar-refractivity contribution in [3.05, 3.63) is 35.9 Å². The second kappa shape index (κ2) is 5.53. The summed E-state index contributed by atoms with van der Waals surface area (Å²) < 4.78 is 37.2. The minimum Gasteiger partial charge on any atom is -0.324 e. The van der Waals surface area contributed by atoms with E-state index in [2.05, 4.69) is 4.39 Å². The van der Waals surface area contributed by atoms with Gasteiger partial charge in [-0.25, -0.2) is 0 Å². The van der Waals surface area contributed by atoms with Crippen LogP contribution in [-0.4, -0.2) is 34.6 Å². The molecule has 0 N–H and O–H groups in total. The van der Waals surface area contributed by atoms with E-state index in [1.54, 1.807) is 13.8 Å². The Morgan fingerprint density at radius 3 is 2.33 bits per heavy atom. The lowest BCUT2D eigenvalue weighted by Crippen LogP contribution is -2.66. The van der Waals surface area contributed by atoms with Gasteiger partial charge in [0.25, 0.3) is 0 Å². The number of benzene rings is 1. The molecule has 0 unspecified atom stereocenters. The van der Waals surface area contributed by atoms with E-state index in [9.17, 15) is 18.8 Å². The second-order valence-electron chi connectivity index (χ2n) is 5.37. The monoisotopic (exact) mass is 316 g/mol. The van der Waals surface area contributed by atoms with Crippen molar-refractivity contribution in [2.24, 2.45) is 0 Å². The van der Waals surface area contributed by atoms with E-state index >= 15 is 0 Å². The summed E-state index contributed by atoms with van der Waals surface area (Å²) in [6.45, 7) is 3.22. The van der Waals surface area contributed by atoms with Gasteiger partial charge >= 0.3 is 0 Å². The van der Waals surface area contributed by atoms with Gasteiger partial charge in [0, 0.05) is 7.05 Å². The summed E-state index contributed by atoms with van der Waals surface area (Å²) in [7, 11) is -3.12. The smallest absolute Gasteiger partial charge is 0.244 e. The highest BCUT2D eigenvalue weighted by atomic mass is 35.7. The molecule has 0 bridgehead atoms. The summed E-state index contributed by atoms with van der Waals surface area (Å²) in [5, 5.41) is 0.951. The number of amides is 1. The van der Waals surface area contributed by atoms with Gasteiger partial charge in [-0.2, -0.15) is 14.0 Å². The Bertz CT molecular complexity index is 517. The third-order valence-corrected chi connectivity index (χ3v) is 4.01. The van der Waals surface area contributed by atoms with Gasteiger partial charge in [0.15, 0.2) is 4.39 Å². The van der Waals surface area contributed by atoms with Crippen molar-refractivity contribution in [2.45, 2.75) is 32.0 Å². The average Bonchev–Trinajstić information content (AvgIpc) is 2.53. The van der Waals surface area contributed by atoms with Gasteiger partial charge in [0.2, 0.25) is 5.91 Å². The molecular weight excluding hydrogens is 300 g/mol. The molecule has 0 spiro atoms. The SMILES string of the molecule is CN1C(=O)[C@H](Cc2ccccc2)N(O[Cl+3]([O-])([O-])[O-])C1(C)C. The number of hydroxylamine groups is 2. The molecule has 1 heterocycles. The molecule has 116 valence electrons. The third-order valence-electron chi connectivity index (χ3n) is 3.69. The van der Waals surface area contributed by atoms with Crippen LogP contribution in [0.5, 0.6) is 0 Å². The molecule has 21 heavy (non-hydrogen) atoms. The lowest BCUT2D eigenvalue weighted by Gasteiger charge is -2.31. The van der Waals surface area contributed by atoms with Crippen molar-refractivity contribution in [3.8, 4) is 0 Å². The van der Waals surface area contributed by atoms with E-state index in [0.717, 1.165) is 10.6 Å². The maximum atomic E-state index is 12.3. The zero-order valence-corrected chi connectivity index (χ0v) is 12.7. The number of carbonyl (C=O) groups excluding carboxylic acids is 1. The number of rotatable bonds is 4. The molecule has 1 aromatic carbocycles. The average molecular weight is 317 g/mol. The van der Waals surface area contributed by atoms with E-state index in [4.69, 9.17) is 0 Å². The number of nitrogens with zero attached hydrogens (tertiary/aromatic N) is 2. The van der Waals surface area contributed by atoms with Crippen LogP contribution in [0.3, 0.4) is 0 Å². The molecule has 2 rings (SSSR count). The first-order valence-electron chi connectivity index (χ1n) is 6.34. The van der Waals surface area contributed by atoms with E-state index < -0.39 is 21.9 Å². The zero-order valence-electron chi connectivity index (χ0n) is 12.0. The Morgan fingerprint density at radius 2 is 1.81 bits per heavy atom. The van der Waals surface area contributed by atoms with Crippen LogP contribution in [0, 0.1) is 10.2 Å². The molecule has 0 saturated carbocycles. The first-order valence-corrected chi connectivity index (χ1v) is 7.58. The minimum atomic E-state index is -4.66. The molecule has 1 aliphatic heterocycles. The van der Waals surface area contributed by atoms with Crippen molar-refractivity contribution >= 4 is 5.91 Å². The first kappa shape index (κ1) is 16.2. The Hall–Kier alpha value is -1.22. The lowest BCUT2D eigenvalue weighted by atomic mass is 10.1. The van der Waals surface area contributed by atoms with Crippen molar-refractivity contribution < 1.29 is 33.4 Å². The molecule has 8 heteroatoms. The summed E-state index contributed by atoms with van der Waals surface area (Å²) in [5.74, 6) is -0.303. The number of likely N-dealkylation sites (N-methyl/N-ethyl adjacent to an activating group) is 1. The number of hydrogen-bond donors (Lipinski definition) is 0. The molecule has 1 aliphatic rings. The van der Waals surface area contributed by atoms with Gasteiger partial charge in [-0.1, -0.05) is 30.3 Å². The van der Waals surface area contributed by atoms with E-state index in [0.29, 0.717) is 0 Å². The Morgan fingerprint density at radius 1 is 1.24 bits per heavy atom. The molecule has 1 saturated heterocycles. The fourth-order valence-corrected chi connectivity index (χ4v) is 2.80. The van der Waals surface area contributed by atoms with Gasteiger partial charge in [-0.15, -0.1) is 0 Å². The van der Waals surface area contributed by atoms with Crippen molar-refractivity contribution in [2.75, 3.05) is 7.05 Å². The molecular formula is C13H17ClN2O5. The van der Waals surface area contributed by atoms with Crippen LogP contribution in [0.1, 0.15) is 19.4 Å². The third kappa shape index (κ3) is 3.34. The van der Waals surface area contributed by atoms with Gasteiger partial charge in [0.05, 0.1) is 0 Å². The minimum absolute atomic E-state index is 0.248. The van der Waals surface area contributed by atoms with Gasteiger partial charge in [0.1, 0.15) is 21.9 Å². The second-order valence-corrected chi connectivity index (χ2v) is 6.26. The maximum absolute atomic E-state index is 12.3. The first-order chi connectivity index (χ1) is 9.63. The maximum Gasteiger partial charge on any atom is 0.244 e. The Labute approximate surface area is 125 Å².